The van der Waals surface area contributed by atoms with Crippen LogP contribution >= 0.6 is 15.9 Å². The first kappa shape index (κ1) is 11.8. The van der Waals surface area contributed by atoms with Gasteiger partial charge in [0.2, 0.25) is 0 Å². The molecule has 1 rings (SSSR count). The van der Waals surface area contributed by atoms with Gasteiger partial charge in [0.1, 0.15) is 11.6 Å². The van der Waals surface area contributed by atoms with Gasteiger partial charge >= 0.3 is 0 Å². The third kappa shape index (κ3) is 3.43. The maximum atomic E-state index is 13.0. The highest BCUT2D eigenvalue weighted by molar-refractivity contribution is 9.10. The van der Waals surface area contributed by atoms with Crippen molar-refractivity contribution >= 4 is 27.6 Å². The lowest BCUT2D eigenvalue weighted by atomic mass is 10.2. The molecule has 1 aromatic carbocycles. The van der Waals surface area contributed by atoms with Gasteiger partial charge in [0.25, 0.3) is 5.91 Å². The summed E-state index contributed by atoms with van der Waals surface area (Å²) in [5, 5.41) is 2.37. The molecule has 1 aromatic rings. The molecule has 0 unspecified atom stereocenters. The molecule has 3 nitrogen and oxygen atoms in total. The van der Waals surface area contributed by atoms with Gasteiger partial charge in [0.05, 0.1) is 11.0 Å². The first-order valence-corrected chi connectivity index (χ1v) is 5.02. The van der Waals surface area contributed by atoms with E-state index in [0.717, 1.165) is 6.07 Å². The fourth-order valence-corrected chi connectivity index (χ4v) is 1.19. The second-order valence-electron chi connectivity index (χ2n) is 3.01. The van der Waals surface area contributed by atoms with Crippen LogP contribution in [0.25, 0.3) is 0 Å². The maximum absolute atomic E-state index is 13.0. The van der Waals surface area contributed by atoms with Crippen molar-refractivity contribution in [3.05, 3.63) is 34.1 Å². The molecule has 0 aromatic heterocycles. The van der Waals surface area contributed by atoms with Gasteiger partial charge in [0.15, 0.2) is 0 Å². The van der Waals surface area contributed by atoms with E-state index in [4.69, 9.17) is 0 Å². The van der Waals surface area contributed by atoms with Crippen LogP contribution in [0, 0.1) is 5.82 Å². The maximum Gasteiger partial charge on any atom is 0.251 e. The highest BCUT2D eigenvalue weighted by Gasteiger charge is 2.08. The molecule has 1 N–H and O–H groups in total. The van der Waals surface area contributed by atoms with Gasteiger partial charge in [-0.25, -0.2) is 4.39 Å². The largest absolute Gasteiger partial charge is 0.345 e. The van der Waals surface area contributed by atoms with Crippen LogP contribution in [0.3, 0.4) is 0 Å². The standard InChI is InChI=1S/C10H9BrFNO2/c1-6(14)5-13-10(15)7-2-3-8(11)9(12)4-7/h2-4H,5H2,1H3,(H,13,15). The summed E-state index contributed by atoms with van der Waals surface area (Å²) in [5.41, 5.74) is 0.192. The highest BCUT2D eigenvalue weighted by Crippen LogP contribution is 2.16. The van der Waals surface area contributed by atoms with E-state index in [1.807, 2.05) is 0 Å². The molecule has 0 saturated heterocycles. The van der Waals surface area contributed by atoms with Crippen LogP contribution in [-0.2, 0) is 4.79 Å². The van der Waals surface area contributed by atoms with E-state index in [1.54, 1.807) is 0 Å². The Balaban J connectivity index is 2.74. The van der Waals surface area contributed by atoms with Gasteiger partial charge < -0.3 is 5.32 Å². The van der Waals surface area contributed by atoms with Crippen LogP contribution in [0.4, 0.5) is 4.39 Å². The molecule has 1 amide bonds. The summed E-state index contributed by atoms with van der Waals surface area (Å²) in [4.78, 5) is 22.0. The predicted octanol–water partition coefficient (Wildman–Crippen LogP) is 1.91. The summed E-state index contributed by atoms with van der Waals surface area (Å²) in [6.07, 6.45) is 0. The Bertz CT molecular complexity index is 406. The number of carbonyl (C=O) groups excluding carboxylic acids is 2. The topological polar surface area (TPSA) is 46.2 Å². The van der Waals surface area contributed by atoms with Gasteiger partial charge in [-0.15, -0.1) is 0 Å². The Hall–Kier alpha value is -1.23. The van der Waals surface area contributed by atoms with Gasteiger partial charge in [0, 0.05) is 5.56 Å². The van der Waals surface area contributed by atoms with Crippen molar-refractivity contribution in [3.63, 3.8) is 0 Å². The van der Waals surface area contributed by atoms with E-state index in [-0.39, 0.29) is 17.9 Å². The number of amides is 1. The fraction of sp³-hybridized carbons (Fsp3) is 0.200. The Morgan fingerprint density at radius 3 is 2.67 bits per heavy atom. The van der Waals surface area contributed by atoms with E-state index >= 15 is 0 Å². The zero-order chi connectivity index (χ0) is 11.4. The number of nitrogens with one attached hydrogen (secondary N) is 1. The van der Waals surface area contributed by atoms with Crippen LogP contribution < -0.4 is 5.32 Å². The summed E-state index contributed by atoms with van der Waals surface area (Å²) in [6, 6.07) is 4.03. The van der Waals surface area contributed by atoms with Gasteiger partial charge in [-0.1, -0.05) is 0 Å². The van der Waals surface area contributed by atoms with Gasteiger partial charge in [-0.3, -0.25) is 9.59 Å². The molecule has 0 saturated carbocycles. The van der Waals surface area contributed by atoms with E-state index < -0.39 is 11.7 Å². The van der Waals surface area contributed by atoms with Crippen molar-refractivity contribution < 1.29 is 14.0 Å². The smallest absolute Gasteiger partial charge is 0.251 e. The van der Waals surface area contributed by atoms with Crippen molar-refractivity contribution in [3.8, 4) is 0 Å². The fourth-order valence-electron chi connectivity index (χ4n) is 0.944. The van der Waals surface area contributed by atoms with Gasteiger partial charge in [-0.2, -0.15) is 0 Å². The molecular formula is C10H9BrFNO2. The minimum atomic E-state index is -0.509. The molecule has 0 aliphatic rings. The summed E-state index contributed by atoms with van der Waals surface area (Å²) in [5.74, 6) is -1.12. The molecule has 15 heavy (non-hydrogen) atoms. The van der Waals surface area contributed by atoms with Crippen LogP contribution in [0.15, 0.2) is 22.7 Å². The lowest BCUT2D eigenvalue weighted by molar-refractivity contribution is -0.116. The quantitative estimate of drug-likeness (QED) is 0.915. The number of ketones is 1. The monoisotopic (exact) mass is 273 g/mol. The van der Waals surface area contributed by atoms with E-state index in [1.165, 1.54) is 19.1 Å². The SMILES string of the molecule is CC(=O)CNC(=O)c1ccc(Br)c(F)c1. The van der Waals surface area contributed by atoms with Crippen LogP contribution in [0.2, 0.25) is 0 Å². The van der Waals surface area contributed by atoms with Crippen molar-refractivity contribution in [2.24, 2.45) is 0 Å². The van der Waals surface area contributed by atoms with Crippen molar-refractivity contribution in [2.45, 2.75) is 6.92 Å². The molecule has 0 atom stereocenters. The number of rotatable bonds is 3. The number of halogens is 2. The molecule has 5 heteroatoms. The number of benzene rings is 1. The zero-order valence-electron chi connectivity index (χ0n) is 8.01. The third-order valence-electron chi connectivity index (χ3n) is 1.68. The number of hydrogen-bond donors (Lipinski definition) is 1. The molecule has 0 aliphatic carbocycles. The molecule has 0 fully saturated rings. The van der Waals surface area contributed by atoms with Crippen LogP contribution in [0.1, 0.15) is 17.3 Å². The van der Waals surface area contributed by atoms with Crippen LogP contribution in [-0.4, -0.2) is 18.2 Å². The Labute approximate surface area is 94.8 Å². The summed E-state index contributed by atoms with van der Waals surface area (Å²) >= 11 is 2.98. The van der Waals surface area contributed by atoms with E-state index in [9.17, 15) is 14.0 Å². The number of carbonyl (C=O) groups is 2. The molecular weight excluding hydrogens is 265 g/mol. The molecule has 80 valence electrons. The molecule has 0 spiro atoms. The van der Waals surface area contributed by atoms with Gasteiger partial charge in [-0.05, 0) is 41.1 Å². The Kier molecular flexibility index (Phi) is 3.96. The lowest BCUT2D eigenvalue weighted by Crippen LogP contribution is -2.28. The number of hydrogen-bond acceptors (Lipinski definition) is 2. The first-order chi connectivity index (χ1) is 7.00. The first-order valence-electron chi connectivity index (χ1n) is 4.23. The van der Waals surface area contributed by atoms with Crippen molar-refractivity contribution in [1.82, 2.24) is 5.32 Å². The summed E-state index contributed by atoms with van der Waals surface area (Å²) in [7, 11) is 0. The minimum absolute atomic E-state index is 0.0451. The molecule has 0 radical (unpaired) electrons. The Morgan fingerprint density at radius 2 is 2.13 bits per heavy atom. The van der Waals surface area contributed by atoms with Crippen LogP contribution in [0.5, 0.6) is 0 Å². The average Bonchev–Trinajstić information content (AvgIpc) is 2.18. The summed E-state index contributed by atoms with van der Waals surface area (Å²) in [6.45, 7) is 1.32. The van der Waals surface area contributed by atoms with E-state index in [2.05, 4.69) is 21.2 Å². The van der Waals surface area contributed by atoms with Crippen molar-refractivity contribution in [2.75, 3.05) is 6.54 Å². The van der Waals surface area contributed by atoms with Crippen molar-refractivity contribution in [1.29, 1.82) is 0 Å². The molecule has 0 aliphatic heterocycles. The average molecular weight is 274 g/mol. The normalized spacial score (nSPS) is 9.80. The minimum Gasteiger partial charge on any atom is -0.345 e. The Morgan fingerprint density at radius 1 is 1.47 bits per heavy atom. The lowest BCUT2D eigenvalue weighted by Gasteiger charge is -2.03. The summed E-state index contributed by atoms with van der Waals surface area (Å²) < 4.78 is 13.3. The second-order valence-corrected chi connectivity index (χ2v) is 3.87. The predicted molar refractivity (Wildman–Crippen MR) is 57.1 cm³/mol. The third-order valence-corrected chi connectivity index (χ3v) is 2.32. The number of Topliss-reactive ketones (excluding diaryl/α,β-unsaturated/α-hetero) is 1. The molecule has 0 heterocycles. The molecule has 0 bridgehead atoms. The second kappa shape index (κ2) is 5.02. The zero-order valence-corrected chi connectivity index (χ0v) is 9.60. The van der Waals surface area contributed by atoms with E-state index in [0.29, 0.717) is 4.47 Å². The highest BCUT2D eigenvalue weighted by atomic mass is 79.9.